The first kappa shape index (κ1) is 18.9. The maximum absolute atomic E-state index is 12.4. The molecule has 2 aromatic carbocycles. The summed E-state index contributed by atoms with van der Waals surface area (Å²) in [5, 5.41) is 0. The average Bonchev–Trinajstić information content (AvgIpc) is 2.60. The number of carbonyl (C=O) groups excluding carboxylic acids is 3. The minimum atomic E-state index is -1.32. The minimum absolute atomic E-state index is 0.116. The van der Waals surface area contributed by atoms with Crippen LogP contribution in [0.5, 0.6) is 0 Å². The van der Waals surface area contributed by atoms with Crippen molar-refractivity contribution >= 4 is 33.8 Å². The summed E-state index contributed by atoms with van der Waals surface area (Å²) in [5.41, 5.74) is 0.702. The van der Waals surface area contributed by atoms with Crippen LogP contribution in [0.3, 0.4) is 0 Å². The SMILES string of the molecule is CCCC(=O)OC(=O)C(OC(=O)c1ccccc1Br)c1ccccc1. The largest absolute Gasteiger partial charge is 0.442 e. The second-order valence-corrected chi connectivity index (χ2v) is 6.07. The summed E-state index contributed by atoms with van der Waals surface area (Å²) >= 11 is 3.27. The Hall–Kier alpha value is -2.47. The van der Waals surface area contributed by atoms with E-state index in [0.29, 0.717) is 16.5 Å². The fourth-order valence-corrected chi connectivity index (χ4v) is 2.54. The Kier molecular flexibility index (Phi) is 6.89. The van der Waals surface area contributed by atoms with Gasteiger partial charge in [-0.15, -0.1) is 0 Å². The summed E-state index contributed by atoms with van der Waals surface area (Å²) in [7, 11) is 0. The molecule has 0 bridgehead atoms. The summed E-state index contributed by atoms with van der Waals surface area (Å²) in [6, 6.07) is 15.1. The first-order valence-corrected chi connectivity index (χ1v) is 8.57. The molecule has 2 aromatic rings. The van der Waals surface area contributed by atoms with Gasteiger partial charge in [-0.2, -0.15) is 0 Å². The maximum atomic E-state index is 12.4. The van der Waals surface area contributed by atoms with Crippen molar-refractivity contribution in [3.05, 3.63) is 70.2 Å². The minimum Gasteiger partial charge on any atom is -0.442 e. The van der Waals surface area contributed by atoms with Gasteiger partial charge >= 0.3 is 17.9 Å². The van der Waals surface area contributed by atoms with E-state index in [1.807, 2.05) is 0 Å². The van der Waals surface area contributed by atoms with Crippen molar-refractivity contribution in [1.82, 2.24) is 0 Å². The molecule has 0 spiro atoms. The molecule has 1 unspecified atom stereocenters. The third-order valence-electron chi connectivity index (χ3n) is 3.30. The van der Waals surface area contributed by atoms with E-state index >= 15 is 0 Å². The molecule has 6 heteroatoms. The van der Waals surface area contributed by atoms with Crippen LogP contribution >= 0.6 is 15.9 Å². The standard InChI is InChI=1S/C19H17BrO5/c1-2-8-16(21)24-19(23)17(13-9-4-3-5-10-13)25-18(22)14-11-6-7-12-15(14)20/h3-7,9-12,17H,2,8H2,1H3. The van der Waals surface area contributed by atoms with Gasteiger partial charge in [-0.05, 0) is 34.5 Å². The van der Waals surface area contributed by atoms with E-state index in [-0.39, 0.29) is 12.0 Å². The molecular weight excluding hydrogens is 388 g/mol. The predicted molar refractivity (Wildman–Crippen MR) is 94.7 cm³/mol. The van der Waals surface area contributed by atoms with Crippen LogP contribution in [0.25, 0.3) is 0 Å². The number of hydrogen-bond acceptors (Lipinski definition) is 5. The Balaban J connectivity index is 2.23. The van der Waals surface area contributed by atoms with Gasteiger partial charge in [-0.3, -0.25) is 4.79 Å². The van der Waals surface area contributed by atoms with Crippen LogP contribution in [0.1, 0.15) is 41.8 Å². The Morgan fingerprint density at radius 1 is 1.00 bits per heavy atom. The summed E-state index contributed by atoms with van der Waals surface area (Å²) in [5.74, 6) is -2.25. The van der Waals surface area contributed by atoms with Crippen LogP contribution < -0.4 is 0 Å². The molecule has 1 atom stereocenters. The van der Waals surface area contributed by atoms with Crippen molar-refractivity contribution < 1.29 is 23.9 Å². The highest BCUT2D eigenvalue weighted by molar-refractivity contribution is 9.10. The van der Waals surface area contributed by atoms with E-state index in [9.17, 15) is 14.4 Å². The first-order chi connectivity index (χ1) is 12.0. The molecule has 0 aliphatic heterocycles. The lowest BCUT2D eigenvalue weighted by Crippen LogP contribution is -2.24. The zero-order valence-corrected chi connectivity index (χ0v) is 15.2. The van der Waals surface area contributed by atoms with Gasteiger partial charge < -0.3 is 9.47 Å². The van der Waals surface area contributed by atoms with Gasteiger partial charge in [0, 0.05) is 16.5 Å². The van der Waals surface area contributed by atoms with Crippen molar-refractivity contribution in [2.75, 3.05) is 0 Å². The topological polar surface area (TPSA) is 69.7 Å². The summed E-state index contributed by atoms with van der Waals surface area (Å²) in [4.78, 5) is 36.4. The molecule has 2 rings (SSSR count). The second-order valence-electron chi connectivity index (χ2n) is 5.22. The Morgan fingerprint density at radius 2 is 1.64 bits per heavy atom. The molecule has 0 saturated carbocycles. The lowest BCUT2D eigenvalue weighted by molar-refractivity contribution is -0.166. The molecule has 130 valence electrons. The normalized spacial score (nSPS) is 11.4. The number of esters is 3. The van der Waals surface area contributed by atoms with Crippen LogP contribution in [0.2, 0.25) is 0 Å². The monoisotopic (exact) mass is 404 g/mol. The van der Waals surface area contributed by atoms with E-state index in [1.165, 1.54) is 0 Å². The zero-order chi connectivity index (χ0) is 18.2. The summed E-state index contributed by atoms with van der Waals surface area (Å²) in [6.45, 7) is 1.80. The molecule has 0 aliphatic carbocycles. The molecule has 0 fully saturated rings. The van der Waals surface area contributed by atoms with Crippen molar-refractivity contribution in [3.8, 4) is 0 Å². The highest BCUT2D eigenvalue weighted by atomic mass is 79.9. The van der Waals surface area contributed by atoms with Crippen molar-refractivity contribution in [2.45, 2.75) is 25.9 Å². The molecule has 0 saturated heterocycles. The van der Waals surface area contributed by atoms with Crippen LogP contribution in [-0.2, 0) is 19.1 Å². The number of halogens is 1. The lowest BCUT2D eigenvalue weighted by Gasteiger charge is -2.17. The van der Waals surface area contributed by atoms with E-state index in [0.717, 1.165) is 0 Å². The predicted octanol–water partition coefficient (Wildman–Crippen LogP) is 4.22. The fourth-order valence-electron chi connectivity index (χ4n) is 2.10. The third kappa shape index (κ3) is 5.26. The average molecular weight is 405 g/mol. The summed E-state index contributed by atoms with van der Waals surface area (Å²) < 4.78 is 10.7. The highest BCUT2D eigenvalue weighted by Gasteiger charge is 2.29. The molecule has 0 amide bonds. The van der Waals surface area contributed by atoms with Crippen LogP contribution in [0, 0.1) is 0 Å². The molecule has 25 heavy (non-hydrogen) atoms. The van der Waals surface area contributed by atoms with Gasteiger partial charge in [-0.25, -0.2) is 9.59 Å². The number of rotatable bonds is 6. The fraction of sp³-hybridized carbons (Fsp3) is 0.211. The summed E-state index contributed by atoms with van der Waals surface area (Å²) in [6.07, 6.45) is -0.647. The van der Waals surface area contributed by atoms with Gasteiger partial charge in [0.2, 0.25) is 6.10 Å². The van der Waals surface area contributed by atoms with Crippen molar-refractivity contribution in [3.63, 3.8) is 0 Å². The molecule has 0 aliphatic rings. The molecule has 0 heterocycles. The van der Waals surface area contributed by atoms with E-state index in [4.69, 9.17) is 9.47 Å². The second kappa shape index (κ2) is 9.13. The van der Waals surface area contributed by atoms with Crippen LogP contribution in [0.15, 0.2) is 59.1 Å². The Labute approximate surface area is 154 Å². The lowest BCUT2D eigenvalue weighted by atomic mass is 10.1. The van der Waals surface area contributed by atoms with Gasteiger partial charge in [0.05, 0.1) is 5.56 Å². The Morgan fingerprint density at radius 3 is 2.28 bits per heavy atom. The van der Waals surface area contributed by atoms with Gasteiger partial charge in [0.1, 0.15) is 0 Å². The van der Waals surface area contributed by atoms with Gasteiger partial charge in [-0.1, -0.05) is 49.4 Å². The zero-order valence-electron chi connectivity index (χ0n) is 13.6. The van der Waals surface area contributed by atoms with Crippen molar-refractivity contribution in [2.24, 2.45) is 0 Å². The third-order valence-corrected chi connectivity index (χ3v) is 4.00. The Bertz CT molecular complexity index is 757. The molecular formula is C19H17BrO5. The molecule has 0 aromatic heterocycles. The van der Waals surface area contributed by atoms with Crippen molar-refractivity contribution in [1.29, 1.82) is 0 Å². The maximum Gasteiger partial charge on any atom is 0.359 e. The van der Waals surface area contributed by atoms with Gasteiger partial charge in [0.25, 0.3) is 0 Å². The first-order valence-electron chi connectivity index (χ1n) is 7.78. The number of hydrogen-bond donors (Lipinski definition) is 0. The quantitative estimate of drug-likeness (QED) is 0.532. The smallest absolute Gasteiger partial charge is 0.359 e. The van der Waals surface area contributed by atoms with Crippen LogP contribution in [0.4, 0.5) is 0 Å². The van der Waals surface area contributed by atoms with Gasteiger partial charge in [0.15, 0.2) is 0 Å². The molecule has 5 nitrogen and oxygen atoms in total. The van der Waals surface area contributed by atoms with E-state index in [1.54, 1.807) is 61.5 Å². The number of ether oxygens (including phenoxy) is 2. The molecule has 0 radical (unpaired) electrons. The van der Waals surface area contributed by atoms with E-state index < -0.39 is 24.0 Å². The number of carbonyl (C=O) groups is 3. The van der Waals surface area contributed by atoms with E-state index in [2.05, 4.69) is 15.9 Å². The highest BCUT2D eigenvalue weighted by Crippen LogP contribution is 2.24. The van der Waals surface area contributed by atoms with Crippen LogP contribution in [-0.4, -0.2) is 17.9 Å². The molecule has 0 N–H and O–H groups in total. The number of benzene rings is 2.